The van der Waals surface area contributed by atoms with Crippen molar-refractivity contribution < 1.29 is 4.79 Å². The van der Waals surface area contributed by atoms with E-state index < -0.39 is 0 Å². The number of hydrogen-bond donors (Lipinski definition) is 2. The number of aromatic nitrogens is 1. The molecular formula is C10H15N3O. The van der Waals surface area contributed by atoms with Gasteiger partial charge >= 0.3 is 0 Å². The molecule has 0 bridgehead atoms. The van der Waals surface area contributed by atoms with Gasteiger partial charge in [-0.15, -0.1) is 0 Å². The number of nitrogens with one attached hydrogen (secondary N) is 1. The normalized spacial score (nSPS) is 12.2. The van der Waals surface area contributed by atoms with E-state index in [9.17, 15) is 4.79 Å². The summed E-state index contributed by atoms with van der Waals surface area (Å²) in [7, 11) is 0. The molecule has 14 heavy (non-hydrogen) atoms. The summed E-state index contributed by atoms with van der Waals surface area (Å²) in [6.45, 7) is 4.20. The van der Waals surface area contributed by atoms with Gasteiger partial charge in [-0.25, -0.2) is 0 Å². The van der Waals surface area contributed by atoms with Crippen LogP contribution in [0, 0.1) is 6.92 Å². The van der Waals surface area contributed by atoms with Gasteiger partial charge in [0.05, 0.1) is 5.56 Å². The summed E-state index contributed by atoms with van der Waals surface area (Å²) in [4.78, 5) is 15.5. The lowest BCUT2D eigenvalue weighted by Crippen LogP contribution is -2.35. The molecule has 1 unspecified atom stereocenters. The van der Waals surface area contributed by atoms with Crippen molar-refractivity contribution in [2.75, 3.05) is 6.54 Å². The lowest BCUT2D eigenvalue weighted by molar-refractivity contribution is 0.0951. The van der Waals surface area contributed by atoms with Crippen LogP contribution in [0.15, 0.2) is 18.5 Å². The topological polar surface area (TPSA) is 68.0 Å². The van der Waals surface area contributed by atoms with E-state index in [1.165, 1.54) is 0 Å². The fourth-order valence-corrected chi connectivity index (χ4v) is 1.05. The van der Waals surface area contributed by atoms with Gasteiger partial charge in [-0.3, -0.25) is 9.78 Å². The van der Waals surface area contributed by atoms with Crippen molar-refractivity contribution in [2.24, 2.45) is 5.73 Å². The van der Waals surface area contributed by atoms with Crippen molar-refractivity contribution in [3.63, 3.8) is 0 Å². The van der Waals surface area contributed by atoms with Crippen LogP contribution < -0.4 is 11.1 Å². The zero-order chi connectivity index (χ0) is 10.6. The second-order valence-corrected chi connectivity index (χ2v) is 3.38. The Kier molecular flexibility index (Phi) is 3.59. The maximum absolute atomic E-state index is 11.6. The number of pyridine rings is 1. The molecule has 3 N–H and O–H groups in total. The monoisotopic (exact) mass is 193 g/mol. The van der Waals surface area contributed by atoms with Crippen LogP contribution in [0.2, 0.25) is 0 Å². The number of aryl methyl sites for hydroxylation is 1. The van der Waals surface area contributed by atoms with Crippen molar-refractivity contribution in [1.29, 1.82) is 0 Å². The number of carbonyl (C=O) groups is 1. The van der Waals surface area contributed by atoms with Gasteiger partial charge in [0, 0.05) is 25.0 Å². The molecule has 0 aromatic carbocycles. The fraction of sp³-hybridized carbons (Fsp3) is 0.400. The van der Waals surface area contributed by atoms with Crippen LogP contribution in [0.1, 0.15) is 22.8 Å². The van der Waals surface area contributed by atoms with E-state index >= 15 is 0 Å². The highest BCUT2D eigenvalue weighted by Gasteiger charge is 2.08. The minimum atomic E-state index is -0.118. The molecule has 0 spiro atoms. The van der Waals surface area contributed by atoms with Crippen LogP contribution >= 0.6 is 0 Å². The quantitative estimate of drug-likeness (QED) is 0.733. The Morgan fingerprint density at radius 2 is 2.43 bits per heavy atom. The number of nitrogens with zero attached hydrogens (tertiary/aromatic N) is 1. The predicted octanol–water partition coefficient (Wildman–Crippen LogP) is 0.467. The lowest BCUT2D eigenvalue weighted by atomic mass is 10.1. The van der Waals surface area contributed by atoms with E-state index in [0.717, 1.165) is 5.56 Å². The van der Waals surface area contributed by atoms with Gasteiger partial charge in [0.15, 0.2) is 0 Å². The molecule has 0 radical (unpaired) electrons. The molecule has 0 aliphatic carbocycles. The van der Waals surface area contributed by atoms with Crippen LogP contribution in [0.25, 0.3) is 0 Å². The highest BCUT2D eigenvalue weighted by atomic mass is 16.1. The number of carbonyl (C=O) groups excluding carboxylic acids is 1. The summed E-state index contributed by atoms with van der Waals surface area (Å²) in [5.74, 6) is -0.118. The third-order valence-corrected chi connectivity index (χ3v) is 1.87. The Morgan fingerprint density at radius 1 is 1.71 bits per heavy atom. The summed E-state index contributed by atoms with van der Waals surface area (Å²) < 4.78 is 0. The average Bonchev–Trinajstić information content (AvgIpc) is 2.15. The van der Waals surface area contributed by atoms with Gasteiger partial charge in [-0.1, -0.05) is 0 Å². The van der Waals surface area contributed by atoms with E-state index in [1.807, 2.05) is 13.8 Å². The maximum Gasteiger partial charge on any atom is 0.253 e. The molecule has 1 atom stereocenters. The molecule has 1 rings (SSSR count). The van der Waals surface area contributed by atoms with Crippen LogP contribution in [-0.4, -0.2) is 23.5 Å². The van der Waals surface area contributed by atoms with Gasteiger partial charge in [0.25, 0.3) is 5.91 Å². The van der Waals surface area contributed by atoms with E-state index in [2.05, 4.69) is 10.3 Å². The number of rotatable bonds is 3. The van der Waals surface area contributed by atoms with Crippen molar-refractivity contribution >= 4 is 5.91 Å². The SMILES string of the molecule is Cc1ccncc1C(=O)NCC(C)N. The molecule has 0 saturated carbocycles. The van der Waals surface area contributed by atoms with Gasteiger partial charge in [0.2, 0.25) is 0 Å². The third-order valence-electron chi connectivity index (χ3n) is 1.87. The summed E-state index contributed by atoms with van der Waals surface area (Å²) >= 11 is 0. The first-order valence-corrected chi connectivity index (χ1v) is 4.55. The van der Waals surface area contributed by atoms with Gasteiger partial charge in [-0.05, 0) is 25.5 Å². The first-order valence-electron chi connectivity index (χ1n) is 4.55. The molecule has 0 fully saturated rings. The van der Waals surface area contributed by atoms with Gasteiger partial charge in [0.1, 0.15) is 0 Å². The van der Waals surface area contributed by atoms with Gasteiger partial charge < -0.3 is 11.1 Å². The number of hydrogen-bond acceptors (Lipinski definition) is 3. The molecule has 1 aromatic heterocycles. The minimum absolute atomic E-state index is 0.0315. The van der Waals surface area contributed by atoms with Crippen LogP contribution in [0.3, 0.4) is 0 Å². The zero-order valence-corrected chi connectivity index (χ0v) is 8.45. The standard InChI is InChI=1S/C10H15N3O/c1-7-3-4-12-6-9(7)10(14)13-5-8(2)11/h3-4,6,8H,5,11H2,1-2H3,(H,13,14). The predicted molar refractivity (Wildman–Crippen MR) is 55.0 cm³/mol. The highest BCUT2D eigenvalue weighted by molar-refractivity contribution is 5.95. The van der Waals surface area contributed by atoms with Crippen molar-refractivity contribution in [3.05, 3.63) is 29.6 Å². The van der Waals surface area contributed by atoms with E-state index in [0.29, 0.717) is 12.1 Å². The Balaban J connectivity index is 2.65. The molecule has 0 saturated heterocycles. The summed E-state index contributed by atoms with van der Waals surface area (Å²) in [6.07, 6.45) is 3.23. The molecule has 1 amide bonds. The summed E-state index contributed by atoms with van der Waals surface area (Å²) in [6, 6.07) is 1.77. The van der Waals surface area contributed by atoms with E-state index in [4.69, 9.17) is 5.73 Å². The van der Waals surface area contributed by atoms with Gasteiger partial charge in [-0.2, -0.15) is 0 Å². The Morgan fingerprint density at radius 3 is 3.00 bits per heavy atom. The molecule has 76 valence electrons. The van der Waals surface area contributed by atoms with Crippen LogP contribution in [0.5, 0.6) is 0 Å². The molecule has 1 aromatic rings. The fourth-order valence-electron chi connectivity index (χ4n) is 1.05. The maximum atomic E-state index is 11.6. The first-order chi connectivity index (χ1) is 6.61. The second-order valence-electron chi connectivity index (χ2n) is 3.38. The Hall–Kier alpha value is -1.42. The zero-order valence-electron chi connectivity index (χ0n) is 8.45. The lowest BCUT2D eigenvalue weighted by Gasteiger charge is -2.08. The molecular weight excluding hydrogens is 178 g/mol. The molecule has 1 heterocycles. The number of nitrogens with two attached hydrogens (primary N) is 1. The molecule has 0 aliphatic heterocycles. The second kappa shape index (κ2) is 4.72. The highest BCUT2D eigenvalue weighted by Crippen LogP contribution is 2.03. The minimum Gasteiger partial charge on any atom is -0.350 e. The average molecular weight is 193 g/mol. The van der Waals surface area contributed by atoms with E-state index in [1.54, 1.807) is 18.5 Å². The van der Waals surface area contributed by atoms with Crippen molar-refractivity contribution in [3.8, 4) is 0 Å². The van der Waals surface area contributed by atoms with E-state index in [-0.39, 0.29) is 11.9 Å². The molecule has 0 aliphatic rings. The smallest absolute Gasteiger partial charge is 0.253 e. The van der Waals surface area contributed by atoms with Crippen molar-refractivity contribution in [2.45, 2.75) is 19.9 Å². The van der Waals surface area contributed by atoms with Crippen molar-refractivity contribution in [1.82, 2.24) is 10.3 Å². The summed E-state index contributed by atoms with van der Waals surface area (Å²) in [5, 5.41) is 2.74. The number of amides is 1. The van der Waals surface area contributed by atoms with Crippen LogP contribution in [-0.2, 0) is 0 Å². The Labute approximate surface area is 83.5 Å². The summed E-state index contributed by atoms with van der Waals surface area (Å²) in [5.41, 5.74) is 7.05. The largest absolute Gasteiger partial charge is 0.350 e. The third kappa shape index (κ3) is 2.81. The molecule has 4 nitrogen and oxygen atoms in total. The van der Waals surface area contributed by atoms with Crippen LogP contribution in [0.4, 0.5) is 0 Å². The molecule has 4 heteroatoms. The Bertz CT molecular complexity index is 323. The first kappa shape index (κ1) is 10.7.